The van der Waals surface area contributed by atoms with Crippen molar-refractivity contribution in [3.63, 3.8) is 0 Å². The number of carbonyl (C=O) groups is 1. The second-order valence-corrected chi connectivity index (χ2v) is 6.52. The lowest BCUT2D eigenvalue weighted by atomic mass is 9.87. The molecule has 0 saturated carbocycles. The van der Waals surface area contributed by atoms with E-state index in [-0.39, 0.29) is 17.4 Å². The highest BCUT2D eigenvalue weighted by Crippen LogP contribution is 2.17. The maximum absolute atomic E-state index is 12.0. The molecule has 3 N–H and O–H groups in total. The highest BCUT2D eigenvalue weighted by atomic mass is 35.5. The molecule has 19 heavy (non-hydrogen) atoms. The predicted octanol–water partition coefficient (Wildman–Crippen LogP) is 2.76. The van der Waals surface area contributed by atoms with Crippen LogP contribution in [0.25, 0.3) is 0 Å². The van der Waals surface area contributed by atoms with Crippen molar-refractivity contribution in [2.75, 3.05) is 0 Å². The molecule has 0 spiro atoms. The summed E-state index contributed by atoms with van der Waals surface area (Å²) in [6, 6.07) is 7.18. The van der Waals surface area contributed by atoms with Gasteiger partial charge in [0.15, 0.2) is 0 Å². The number of halogens is 1. The van der Waals surface area contributed by atoms with E-state index in [1.165, 1.54) is 0 Å². The van der Waals surface area contributed by atoms with Crippen molar-refractivity contribution in [3.8, 4) is 0 Å². The largest absolute Gasteiger partial charge is 0.352 e. The summed E-state index contributed by atoms with van der Waals surface area (Å²) >= 11 is 5.94. The van der Waals surface area contributed by atoms with Crippen molar-refractivity contribution < 1.29 is 4.79 Å². The molecule has 1 rings (SSSR count). The SMILES string of the molecule is CC(Cc1cccc(Cl)c1)NC(=O)[C@H](N)C(C)(C)C. The van der Waals surface area contributed by atoms with Gasteiger partial charge < -0.3 is 11.1 Å². The van der Waals surface area contributed by atoms with Crippen LogP contribution < -0.4 is 11.1 Å². The molecule has 0 fully saturated rings. The molecular weight excluding hydrogens is 260 g/mol. The average Bonchev–Trinajstić information content (AvgIpc) is 2.26. The first kappa shape index (κ1) is 16.0. The maximum atomic E-state index is 12.0. The van der Waals surface area contributed by atoms with E-state index in [1.807, 2.05) is 52.0 Å². The van der Waals surface area contributed by atoms with Gasteiger partial charge in [-0.15, -0.1) is 0 Å². The normalized spacial score (nSPS) is 14.8. The number of nitrogens with one attached hydrogen (secondary N) is 1. The van der Waals surface area contributed by atoms with Crippen LogP contribution in [0.15, 0.2) is 24.3 Å². The minimum Gasteiger partial charge on any atom is -0.352 e. The Kier molecular flexibility index (Phi) is 5.39. The zero-order valence-corrected chi connectivity index (χ0v) is 12.8. The second kappa shape index (κ2) is 6.40. The van der Waals surface area contributed by atoms with Crippen LogP contribution in [0, 0.1) is 5.41 Å². The summed E-state index contributed by atoms with van der Waals surface area (Å²) in [4.78, 5) is 12.0. The molecular formula is C15H23ClN2O. The van der Waals surface area contributed by atoms with Gasteiger partial charge in [-0.25, -0.2) is 0 Å². The van der Waals surface area contributed by atoms with E-state index in [1.54, 1.807) is 0 Å². The quantitative estimate of drug-likeness (QED) is 0.892. The van der Waals surface area contributed by atoms with E-state index in [4.69, 9.17) is 17.3 Å². The molecule has 0 radical (unpaired) electrons. The van der Waals surface area contributed by atoms with Gasteiger partial charge in [-0.1, -0.05) is 44.5 Å². The molecule has 1 aromatic carbocycles. The number of hydrogen-bond donors (Lipinski definition) is 2. The number of amides is 1. The molecule has 0 bridgehead atoms. The molecule has 3 nitrogen and oxygen atoms in total. The van der Waals surface area contributed by atoms with Crippen molar-refractivity contribution in [1.82, 2.24) is 5.32 Å². The first-order valence-electron chi connectivity index (χ1n) is 6.50. The molecule has 0 saturated heterocycles. The fraction of sp³-hybridized carbons (Fsp3) is 0.533. The molecule has 0 aliphatic rings. The number of nitrogens with two attached hydrogens (primary N) is 1. The molecule has 0 aliphatic carbocycles. The standard InChI is InChI=1S/C15H23ClN2O/c1-10(8-11-6-5-7-12(16)9-11)18-14(19)13(17)15(2,3)4/h5-7,9-10,13H,8,17H2,1-4H3,(H,18,19)/t10?,13-/m0/s1. The molecule has 106 valence electrons. The van der Waals surface area contributed by atoms with Crippen molar-refractivity contribution in [2.45, 2.75) is 46.2 Å². The van der Waals surface area contributed by atoms with E-state index in [0.29, 0.717) is 5.02 Å². The monoisotopic (exact) mass is 282 g/mol. The van der Waals surface area contributed by atoms with Crippen molar-refractivity contribution >= 4 is 17.5 Å². The lowest BCUT2D eigenvalue weighted by molar-refractivity contribution is -0.125. The summed E-state index contributed by atoms with van der Waals surface area (Å²) in [6.07, 6.45) is 0.739. The minimum atomic E-state index is -0.505. The van der Waals surface area contributed by atoms with Crippen LogP contribution in [0.1, 0.15) is 33.3 Å². The van der Waals surface area contributed by atoms with Crippen LogP contribution in [0.3, 0.4) is 0 Å². The lowest BCUT2D eigenvalue weighted by Gasteiger charge is -2.27. The first-order valence-corrected chi connectivity index (χ1v) is 6.88. The van der Waals surface area contributed by atoms with E-state index >= 15 is 0 Å². The molecule has 1 amide bonds. The van der Waals surface area contributed by atoms with Crippen molar-refractivity contribution in [2.24, 2.45) is 11.1 Å². The van der Waals surface area contributed by atoms with Crippen LogP contribution in [0.5, 0.6) is 0 Å². The van der Waals surface area contributed by atoms with Crippen molar-refractivity contribution in [3.05, 3.63) is 34.9 Å². The Bertz CT molecular complexity index is 440. The molecule has 4 heteroatoms. The topological polar surface area (TPSA) is 55.1 Å². The van der Waals surface area contributed by atoms with Crippen molar-refractivity contribution in [1.29, 1.82) is 0 Å². The van der Waals surface area contributed by atoms with Crippen LogP contribution in [0.4, 0.5) is 0 Å². The molecule has 1 unspecified atom stereocenters. The summed E-state index contributed by atoms with van der Waals surface area (Å²) in [6.45, 7) is 7.84. The van der Waals surface area contributed by atoms with Gasteiger partial charge in [0.25, 0.3) is 0 Å². The Morgan fingerprint density at radius 1 is 1.42 bits per heavy atom. The fourth-order valence-electron chi connectivity index (χ4n) is 1.79. The van der Waals surface area contributed by atoms with Crippen LogP contribution in [-0.4, -0.2) is 18.0 Å². The summed E-state index contributed by atoms with van der Waals surface area (Å²) in [5, 5.41) is 3.66. The van der Waals surface area contributed by atoms with E-state index in [9.17, 15) is 4.79 Å². The highest BCUT2D eigenvalue weighted by molar-refractivity contribution is 6.30. The summed E-state index contributed by atoms with van der Waals surface area (Å²) in [5.74, 6) is -0.109. The Labute approximate surface area is 120 Å². The predicted molar refractivity (Wildman–Crippen MR) is 80.2 cm³/mol. The van der Waals surface area contributed by atoms with Crippen LogP contribution in [-0.2, 0) is 11.2 Å². The van der Waals surface area contributed by atoms with Gasteiger partial charge in [0.05, 0.1) is 6.04 Å². The molecule has 1 aromatic rings. The summed E-state index contributed by atoms with van der Waals surface area (Å²) in [5.41, 5.74) is 6.79. The molecule has 0 heterocycles. The van der Waals surface area contributed by atoms with E-state index in [2.05, 4.69) is 5.32 Å². The van der Waals surface area contributed by atoms with Gasteiger partial charge in [0.1, 0.15) is 0 Å². The smallest absolute Gasteiger partial charge is 0.237 e. The number of hydrogen-bond acceptors (Lipinski definition) is 2. The first-order chi connectivity index (χ1) is 8.70. The third-order valence-corrected chi connectivity index (χ3v) is 3.27. The Hall–Kier alpha value is -1.06. The van der Waals surface area contributed by atoms with Gasteiger partial charge in [0, 0.05) is 11.1 Å². The number of benzene rings is 1. The fourth-order valence-corrected chi connectivity index (χ4v) is 2.01. The van der Waals surface area contributed by atoms with Crippen LogP contribution in [0.2, 0.25) is 5.02 Å². The molecule has 2 atom stereocenters. The third-order valence-electron chi connectivity index (χ3n) is 3.04. The average molecular weight is 283 g/mol. The molecule has 0 aliphatic heterocycles. The zero-order valence-electron chi connectivity index (χ0n) is 12.0. The second-order valence-electron chi connectivity index (χ2n) is 6.09. The number of carbonyl (C=O) groups excluding carboxylic acids is 1. The maximum Gasteiger partial charge on any atom is 0.237 e. The lowest BCUT2D eigenvalue weighted by Crippen LogP contribution is -2.51. The Morgan fingerprint density at radius 3 is 2.58 bits per heavy atom. The number of rotatable bonds is 4. The van der Waals surface area contributed by atoms with Gasteiger partial charge >= 0.3 is 0 Å². The van der Waals surface area contributed by atoms with Crippen LogP contribution >= 0.6 is 11.6 Å². The Morgan fingerprint density at radius 2 is 2.05 bits per heavy atom. The zero-order chi connectivity index (χ0) is 14.6. The Balaban J connectivity index is 2.56. The van der Waals surface area contributed by atoms with E-state index < -0.39 is 6.04 Å². The summed E-state index contributed by atoms with van der Waals surface area (Å²) < 4.78 is 0. The highest BCUT2D eigenvalue weighted by Gasteiger charge is 2.28. The van der Waals surface area contributed by atoms with E-state index in [0.717, 1.165) is 12.0 Å². The van der Waals surface area contributed by atoms with Gasteiger partial charge in [-0.2, -0.15) is 0 Å². The van der Waals surface area contributed by atoms with Gasteiger partial charge in [0.2, 0.25) is 5.91 Å². The third kappa shape index (κ3) is 5.21. The summed E-state index contributed by atoms with van der Waals surface area (Å²) in [7, 11) is 0. The molecule has 0 aromatic heterocycles. The van der Waals surface area contributed by atoms with Gasteiger partial charge in [-0.05, 0) is 36.5 Å². The minimum absolute atomic E-state index is 0.0272. The van der Waals surface area contributed by atoms with Gasteiger partial charge in [-0.3, -0.25) is 4.79 Å².